The Morgan fingerprint density at radius 2 is 1.46 bits per heavy atom. The van der Waals surface area contributed by atoms with Crippen molar-refractivity contribution in [1.82, 2.24) is 0 Å². The fraction of sp³-hybridized carbons (Fsp3) is 0.833. The van der Waals surface area contributed by atoms with Gasteiger partial charge in [0.1, 0.15) is 0 Å². The van der Waals surface area contributed by atoms with Crippen molar-refractivity contribution in [3.05, 3.63) is 12.1 Å². The lowest BCUT2D eigenvalue weighted by Gasteiger charge is -2.31. The van der Waals surface area contributed by atoms with Crippen LogP contribution in [-0.2, 0) is 0 Å². The van der Waals surface area contributed by atoms with Crippen LogP contribution < -0.4 is 0 Å². The minimum Gasteiger partial charge on any atom is -0.109 e. The van der Waals surface area contributed by atoms with Crippen LogP contribution >= 0.6 is 0 Å². The molecule has 1 heteroatoms. The molecule has 0 fully saturated rings. The maximum atomic E-state index is 4.21. The van der Waals surface area contributed by atoms with Crippen molar-refractivity contribution < 1.29 is 0 Å². The first-order valence-corrected chi connectivity index (χ1v) is 5.22. The molecule has 0 aliphatic heterocycles. The van der Waals surface area contributed by atoms with Gasteiger partial charge in [-0.2, -0.15) is 0 Å². The van der Waals surface area contributed by atoms with Gasteiger partial charge >= 0.3 is 0 Å². The third kappa shape index (κ3) is 5.18. The van der Waals surface area contributed by atoms with Crippen LogP contribution in [0.15, 0.2) is 12.1 Å². The zero-order valence-electron chi connectivity index (χ0n) is 10.5. The highest BCUT2D eigenvalue weighted by molar-refractivity contribution is 6.48. The Bertz CT molecular complexity index is 178. The van der Waals surface area contributed by atoms with Gasteiger partial charge in [0.15, 0.2) is 7.28 Å². The van der Waals surface area contributed by atoms with Gasteiger partial charge in [0.25, 0.3) is 0 Å². The standard InChI is InChI=1S/C12H25B/c1-9(11(3,4)5)10(2)13-12(6,7)8/h9,13H,2H2,1,3-8H3. The molecule has 0 radical (unpaired) electrons. The van der Waals surface area contributed by atoms with Crippen molar-refractivity contribution in [3.8, 4) is 0 Å². The minimum atomic E-state index is 0.350. The van der Waals surface area contributed by atoms with Crippen LogP contribution in [0.1, 0.15) is 48.5 Å². The molecule has 1 atom stereocenters. The average Bonchev–Trinajstić information content (AvgIpc) is 1.79. The molecule has 0 N–H and O–H groups in total. The van der Waals surface area contributed by atoms with Crippen molar-refractivity contribution in [2.75, 3.05) is 0 Å². The van der Waals surface area contributed by atoms with Gasteiger partial charge in [0.2, 0.25) is 0 Å². The molecule has 13 heavy (non-hydrogen) atoms. The molecular formula is C12H25B. The van der Waals surface area contributed by atoms with E-state index in [0.29, 0.717) is 16.6 Å². The molecule has 0 spiro atoms. The lowest BCUT2D eigenvalue weighted by atomic mass is 9.47. The summed E-state index contributed by atoms with van der Waals surface area (Å²) in [5.41, 5.74) is 1.74. The van der Waals surface area contributed by atoms with Crippen LogP contribution in [-0.4, -0.2) is 7.28 Å². The minimum absolute atomic E-state index is 0.350. The Morgan fingerprint density at radius 1 is 1.08 bits per heavy atom. The van der Waals surface area contributed by atoms with Gasteiger partial charge < -0.3 is 0 Å². The highest BCUT2D eigenvalue weighted by Gasteiger charge is 2.25. The van der Waals surface area contributed by atoms with Crippen molar-refractivity contribution in [2.45, 2.75) is 53.8 Å². The molecule has 0 aromatic carbocycles. The predicted molar refractivity (Wildman–Crippen MR) is 64.6 cm³/mol. The first kappa shape index (κ1) is 12.8. The van der Waals surface area contributed by atoms with E-state index in [9.17, 15) is 0 Å². The zero-order chi connectivity index (χ0) is 10.9. The van der Waals surface area contributed by atoms with E-state index in [1.807, 2.05) is 0 Å². The van der Waals surface area contributed by atoms with Gasteiger partial charge in [-0.15, -0.1) is 12.1 Å². The monoisotopic (exact) mass is 180 g/mol. The van der Waals surface area contributed by atoms with E-state index in [2.05, 4.69) is 55.0 Å². The molecule has 76 valence electrons. The summed E-state index contributed by atoms with van der Waals surface area (Å²) in [6, 6.07) is 0. The molecule has 0 aliphatic rings. The van der Waals surface area contributed by atoms with E-state index >= 15 is 0 Å². The van der Waals surface area contributed by atoms with Crippen molar-refractivity contribution >= 4 is 7.28 Å². The van der Waals surface area contributed by atoms with Gasteiger partial charge in [0, 0.05) is 0 Å². The average molecular weight is 180 g/mol. The Balaban J connectivity index is 4.30. The summed E-state index contributed by atoms with van der Waals surface area (Å²) in [6.45, 7) is 20.2. The van der Waals surface area contributed by atoms with Gasteiger partial charge in [0.05, 0.1) is 0 Å². The zero-order valence-corrected chi connectivity index (χ0v) is 10.5. The van der Waals surface area contributed by atoms with E-state index in [4.69, 9.17) is 0 Å². The van der Waals surface area contributed by atoms with Crippen LogP contribution in [0.4, 0.5) is 0 Å². The topological polar surface area (TPSA) is 0 Å². The Morgan fingerprint density at radius 3 is 1.69 bits per heavy atom. The normalized spacial score (nSPS) is 15.3. The van der Waals surface area contributed by atoms with Crippen LogP contribution in [0.5, 0.6) is 0 Å². The molecule has 0 bridgehead atoms. The molecule has 0 saturated heterocycles. The van der Waals surface area contributed by atoms with Crippen molar-refractivity contribution in [3.63, 3.8) is 0 Å². The number of hydrogen-bond donors (Lipinski definition) is 0. The van der Waals surface area contributed by atoms with Gasteiger partial charge in [-0.3, -0.25) is 0 Å². The van der Waals surface area contributed by atoms with Crippen LogP contribution in [0.25, 0.3) is 0 Å². The van der Waals surface area contributed by atoms with Crippen LogP contribution in [0.2, 0.25) is 5.31 Å². The molecule has 0 saturated carbocycles. The molecule has 0 heterocycles. The molecule has 1 unspecified atom stereocenters. The van der Waals surface area contributed by atoms with Crippen molar-refractivity contribution in [1.29, 1.82) is 0 Å². The third-order valence-electron chi connectivity index (χ3n) is 2.67. The Hall–Kier alpha value is -0.195. The first-order valence-electron chi connectivity index (χ1n) is 5.22. The molecule has 0 aliphatic carbocycles. The van der Waals surface area contributed by atoms with E-state index in [0.717, 1.165) is 7.28 Å². The molecule has 0 rings (SSSR count). The Labute approximate surface area is 85.1 Å². The SMILES string of the molecule is C=C(BC(C)(C)C)C(C)C(C)(C)C. The lowest BCUT2D eigenvalue weighted by molar-refractivity contribution is 0.309. The van der Waals surface area contributed by atoms with Crippen molar-refractivity contribution in [2.24, 2.45) is 11.3 Å². The van der Waals surface area contributed by atoms with Crippen LogP contribution in [0.3, 0.4) is 0 Å². The third-order valence-corrected chi connectivity index (χ3v) is 2.67. The second-order valence-corrected chi connectivity index (χ2v) is 6.48. The number of hydrogen-bond acceptors (Lipinski definition) is 0. The maximum Gasteiger partial charge on any atom is 0.157 e. The molecule has 0 aromatic rings. The highest BCUT2D eigenvalue weighted by atomic mass is 14.2. The number of rotatable bonds is 2. The first-order chi connectivity index (χ1) is 5.54. The quantitative estimate of drug-likeness (QED) is 0.566. The molecule has 0 aromatic heterocycles. The number of allylic oxidation sites excluding steroid dienone is 1. The maximum absolute atomic E-state index is 4.21. The predicted octanol–water partition coefficient (Wildman–Crippen LogP) is 3.84. The Kier molecular flexibility index (Phi) is 3.84. The summed E-state index contributed by atoms with van der Waals surface area (Å²) in [4.78, 5) is 0. The summed E-state index contributed by atoms with van der Waals surface area (Å²) in [7, 11) is 1.13. The smallest absolute Gasteiger partial charge is 0.109 e. The lowest BCUT2D eigenvalue weighted by Crippen LogP contribution is -2.24. The molecule has 0 nitrogen and oxygen atoms in total. The fourth-order valence-electron chi connectivity index (χ4n) is 1.45. The summed E-state index contributed by atoms with van der Waals surface area (Å²) >= 11 is 0. The second kappa shape index (κ2) is 3.90. The fourth-order valence-corrected chi connectivity index (χ4v) is 1.45. The van der Waals surface area contributed by atoms with Gasteiger partial charge in [-0.25, -0.2) is 0 Å². The highest BCUT2D eigenvalue weighted by Crippen LogP contribution is 2.34. The second-order valence-electron chi connectivity index (χ2n) is 6.48. The summed E-state index contributed by atoms with van der Waals surface area (Å²) in [5, 5.41) is 0.372. The molecular weight excluding hydrogens is 155 g/mol. The largest absolute Gasteiger partial charge is 0.157 e. The van der Waals surface area contributed by atoms with Crippen LogP contribution in [0, 0.1) is 11.3 Å². The summed E-state index contributed by atoms with van der Waals surface area (Å²) < 4.78 is 0. The van der Waals surface area contributed by atoms with Gasteiger partial charge in [-0.1, -0.05) is 53.8 Å². The van der Waals surface area contributed by atoms with E-state index in [1.165, 1.54) is 5.47 Å². The van der Waals surface area contributed by atoms with E-state index in [1.54, 1.807) is 0 Å². The van der Waals surface area contributed by atoms with Gasteiger partial charge in [-0.05, 0) is 11.3 Å². The summed E-state index contributed by atoms with van der Waals surface area (Å²) in [6.07, 6.45) is 0. The summed E-state index contributed by atoms with van der Waals surface area (Å²) in [5.74, 6) is 0.603. The van der Waals surface area contributed by atoms with E-state index in [-0.39, 0.29) is 0 Å². The molecule has 0 amide bonds. The van der Waals surface area contributed by atoms with E-state index < -0.39 is 0 Å².